The molecule has 0 aromatic heterocycles. The van der Waals surface area contributed by atoms with Crippen LogP contribution < -0.4 is 16.4 Å². The van der Waals surface area contributed by atoms with E-state index in [1.54, 1.807) is 0 Å². The van der Waals surface area contributed by atoms with Gasteiger partial charge in [-0.3, -0.25) is 15.8 Å². The summed E-state index contributed by atoms with van der Waals surface area (Å²) in [4.78, 5) is 11.4. The minimum absolute atomic E-state index is 0.239. The van der Waals surface area contributed by atoms with Crippen LogP contribution in [0.1, 0.15) is 11.6 Å². The predicted octanol–water partition coefficient (Wildman–Crippen LogP) is 0.297. The Kier molecular flexibility index (Phi) is 2.90. The van der Waals surface area contributed by atoms with Crippen LogP contribution in [0.4, 0.5) is 0 Å². The smallest absolute Gasteiger partial charge is 0.242 e. The highest BCUT2D eigenvalue weighted by molar-refractivity contribution is 6.31. The molecule has 3 atom stereocenters. The summed E-state index contributed by atoms with van der Waals surface area (Å²) < 4.78 is 0. The van der Waals surface area contributed by atoms with Crippen LogP contribution in [0.5, 0.6) is 0 Å². The SMILES string of the molecule is NC1NC(=O)C(Cl)C(c2ccccc2)N1. The second-order valence-electron chi connectivity index (χ2n) is 3.44. The molecule has 0 radical (unpaired) electrons. The molecule has 4 nitrogen and oxygen atoms in total. The van der Waals surface area contributed by atoms with Crippen molar-refractivity contribution in [2.75, 3.05) is 0 Å². The number of hydrogen-bond donors (Lipinski definition) is 3. The van der Waals surface area contributed by atoms with Crippen LogP contribution in [0.2, 0.25) is 0 Å². The standard InChI is InChI=1S/C10H12ClN3O/c11-7-8(6-4-2-1-3-5-6)13-10(12)14-9(7)15/h1-5,7-8,10,13H,12H2,(H,14,15). The average molecular weight is 226 g/mol. The van der Waals surface area contributed by atoms with Crippen molar-refractivity contribution in [2.24, 2.45) is 5.73 Å². The maximum Gasteiger partial charge on any atom is 0.242 e. The van der Waals surface area contributed by atoms with E-state index >= 15 is 0 Å². The van der Waals surface area contributed by atoms with Gasteiger partial charge in [-0.2, -0.15) is 0 Å². The third-order valence-electron chi connectivity index (χ3n) is 2.36. The van der Waals surface area contributed by atoms with Gasteiger partial charge in [-0.05, 0) is 5.56 Å². The lowest BCUT2D eigenvalue weighted by molar-refractivity contribution is -0.124. The normalized spacial score (nSPS) is 31.1. The highest BCUT2D eigenvalue weighted by Gasteiger charge is 2.33. The fourth-order valence-electron chi connectivity index (χ4n) is 1.63. The summed E-state index contributed by atoms with van der Waals surface area (Å²) in [6.07, 6.45) is -0.544. The predicted molar refractivity (Wildman–Crippen MR) is 58.1 cm³/mol. The second kappa shape index (κ2) is 4.18. The van der Waals surface area contributed by atoms with Gasteiger partial charge < -0.3 is 5.32 Å². The topological polar surface area (TPSA) is 67.1 Å². The first-order valence-electron chi connectivity index (χ1n) is 4.69. The molecule has 15 heavy (non-hydrogen) atoms. The number of carbonyl (C=O) groups is 1. The molecule has 3 unspecified atom stereocenters. The van der Waals surface area contributed by atoms with Crippen molar-refractivity contribution >= 4 is 17.5 Å². The van der Waals surface area contributed by atoms with Gasteiger partial charge in [0.05, 0.1) is 6.04 Å². The molecule has 0 spiro atoms. The zero-order valence-electron chi connectivity index (χ0n) is 7.98. The highest BCUT2D eigenvalue weighted by atomic mass is 35.5. The molecular weight excluding hydrogens is 214 g/mol. The molecule has 1 amide bonds. The van der Waals surface area contributed by atoms with Gasteiger partial charge in [0.1, 0.15) is 11.7 Å². The van der Waals surface area contributed by atoms with Gasteiger partial charge in [0, 0.05) is 0 Å². The van der Waals surface area contributed by atoms with Gasteiger partial charge in [-0.25, -0.2) is 0 Å². The first-order chi connectivity index (χ1) is 7.18. The van der Waals surface area contributed by atoms with Crippen molar-refractivity contribution in [3.8, 4) is 0 Å². The van der Waals surface area contributed by atoms with Crippen LogP contribution in [-0.4, -0.2) is 17.6 Å². The largest absolute Gasteiger partial charge is 0.327 e. The number of nitrogens with two attached hydrogens (primary N) is 1. The van der Waals surface area contributed by atoms with Crippen LogP contribution in [-0.2, 0) is 4.79 Å². The number of rotatable bonds is 1. The fraction of sp³-hybridized carbons (Fsp3) is 0.300. The molecule has 0 bridgehead atoms. The van der Waals surface area contributed by atoms with E-state index < -0.39 is 11.7 Å². The lowest BCUT2D eigenvalue weighted by Gasteiger charge is -2.32. The van der Waals surface area contributed by atoms with Crippen molar-refractivity contribution in [3.63, 3.8) is 0 Å². The Morgan fingerprint density at radius 1 is 1.27 bits per heavy atom. The summed E-state index contributed by atoms with van der Waals surface area (Å²) in [5.74, 6) is -0.239. The van der Waals surface area contributed by atoms with Crippen LogP contribution >= 0.6 is 11.6 Å². The Hall–Kier alpha value is -1.10. The number of carbonyl (C=O) groups excluding carboxylic acids is 1. The third kappa shape index (κ3) is 2.12. The summed E-state index contributed by atoms with van der Waals surface area (Å²) >= 11 is 6.00. The maximum absolute atomic E-state index is 11.4. The molecule has 2 rings (SSSR count). The van der Waals surface area contributed by atoms with E-state index in [2.05, 4.69) is 10.6 Å². The molecular formula is C10H12ClN3O. The molecule has 1 heterocycles. The Labute approximate surface area is 92.8 Å². The van der Waals surface area contributed by atoms with Crippen LogP contribution in [0, 0.1) is 0 Å². The number of nitrogens with one attached hydrogen (secondary N) is 2. The van der Waals surface area contributed by atoms with Crippen LogP contribution in [0.3, 0.4) is 0 Å². The van der Waals surface area contributed by atoms with Gasteiger partial charge in [-0.15, -0.1) is 11.6 Å². The van der Waals surface area contributed by atoms with E-state index in [0.717, 1.165) is 5.56 Å². The van der Waals surface area contributed by atoms with Crippen molar-refractivity contribution < 1.29 is 4.79 Å². The molecule has 1 fully saturated rings. The third-order valence-corrected chi connectivity index (χ3v) is 2.81. The van der Waals surface area contributed by atoms with Crippen LogP contribution in [0.15, 0.2) is 30.3 Å². The molecule has 1 aromatic rings. The van der Waals surface area contributed by atoms with E-state index in [9.17, 15) is 4.79 Å². The molecule has 0 aliphatic carbocycles. The van der Waals surface area contributed by atoms with Crippen molar-refractivity contribution in [3.05, 3.63) is 35.9 Å². The highest BCUT2D eigenvalue weighted by Crippen LogP contribution is 2.23. The Morgan fingerprint density at radius 2 is 1.93 bits per heavy atom. The Morgan fingerprint density at radius 3 is 2.60 bits per heavy atom. The monoisotopic (exact) mass is 225 g/mol. The Balaban J connectivity index is 2.24. The van der Waals surface area contributed by atoms with Gasteiger partial charge in [-0.1, -0.05) is 30.3 Å². The summed E-state index contributed by atoms with van der Waals surface area (Å²) in [6, 6.07) is 9.31. The molecule has 1 saturated heterocycles. The molecule has 4 N–H and O–H groups in total. The van der Waals surface area contributed by atoms with Crippen molar-refractivity contribution in [1.82, 2.24) is 10.6 Å². The maximum atomic E-state index is 11.4. The zero-order chi connectivity index (χ0) is 10.8. The van der Waals surface area contributed by atoms with E-state index in [1.807, 2.05) is 30.3 Å². The van der Waals surface area contributed by atoms with Crippen molar-refractivity contribution in [1.29, 1.82) is 0 Å². The lowest BCUT2D eigenvalue weighted by Crippen LogP contribution is -2.62. The molecule has 5 heteroatoms. The summed E-state index contributed by atoms with van der Waals surface area (Å²) in [5.41, 5.74) is 6.57. The molecule has 80 valence electrons. The number of halogens is 1. The molecule has 1 aromatic carbocycles. The molecule has 0 saturated carbocycles. The van der Waals surface area contributed by atoms with E-state index in [4.69, 9.17) is 17.3 Å². The quantitative estimate of drug-likeness (QED) is 0.602. The van der Waals surface area contributed by atoms with Gasteiger partial charge >= 0.3 is 0 Å². The molecule has 1 aliphatic rings. The van der Waals surface area contributed by atoms with Crippen molar-refractivity contribution in [2.45, 2.75) is 17.7 Å². The van der Waals surface area contributed by atoms with Crippen LogP contribution in [0.25, 0.3) is 0 Å². The lowest BCUT2D eigenvalue weighted by atomic mass is 10.0. The van der Waals surface area contributed by atoms with Gasteiger partial charge in [0.25, 0.3) is 0 Å². The van der Waals surface area contributed by atoms with E-state index in [0.29, 0.717) is 0 Å². The molecule has 1 aliphatic heterocycles. The summed E-state index contributed by atoms with van der Waals surface area (Å²) in [5, 5.41) is 4.92. The first-order valence-corrected chi connectivity index (χ1v) is 5.13. The van der Waals surface area contributed by atoms with E-state index in [-0.39, 0.29) is 11.9 Å². The fourth-order valence-corrected chi connectivity index (χ4v) is 1.91. The second-order valence-corrected chi connectivity index (χ2v) is 3.91. The summed E-state index contributed by atoms with van der Waals surface area (Å²) in [7, 11) is 0. The van der Waals surface area contributed by atoms with E-state index in [1.165, 1.54) is 0 Å². The minimum Gasteiger partial charge on any atom is -0.327 e. The van der Waals surface area contributed by atoms with Gasteiger partial charge in [0.2, 0.25) is 5.91 Å². The summed E-state index contributed by atoms with van der Waals surface area (Å²) in [6.45, 7) is 0. The Bertz CT molecular complexity index is 357. The average Bonchev–Trinajstić information content (AvgIpc) is 2.24. The number of amides is 1. The first kappa shape index (κ1) is 10.4. The number of alkyl halides is 1. The zero-order valence-corrected chi connectivity index (χ0v) is 8.74. The number of benzene rings is 1. The van der Waals surface area contributed by atoms with Gasteiger partial charge in [0.15, 0.2) is 0 Å². The number of hydrogen-bond acceptors (Lipinski definition) is 3. The minimum atomic E-state index is -0.632.